The molecule has 1 fully saturated rings. The standard InChI is InChI=1S/C23H25NO4/c1-14-23(27)24-20-11-10-19(13-21(20)28-14)18-8-6-17(7-9-18)16-4-2-15(3-5-16)12-22(25)26/h6-11,13-16H,2-5,12H2,1H3,(H,24,27)(H,25,26). The molecule has 1 heterocycles. The summed E-state index contributed by atoms with van der Waals surface area (Å²) in [5, 5.41) is 11.8. The van der Waals surface area contributed by atoms with Crippen molar-refractivity contribution in [3.63, 3.8) is 0 Å². The van der Waals surface area contributed by atoms with E-state index in [-0.39, 0.29) is 5.91 Å². The Hall–Kier alpha value is -2.82. The number of nitrogens with one attached hydrogen (secondary N) is 1. The topological polar surface area (TPSA) is 75.6 Å². The first-order valence-corrected chi connectivity index (χ1v) is 9.93. The molecule has 1 aliphatic heterocycles. The van der Waals surface area contributed by atoms with Crippen molar-refractivity contribution < 1.29 is 19.4 Å². The minimum atomic E-state index is -0.684. The van der Waals surface area contributed by atoms with Gasteiger partial charge in [0.15, 0.2) is 6.10 Å². The predicted octanol–water partition coefficient (Wildman–Crippen LogP) is 4.82. The van der Waals surface area contributed by atoms with Gasteiger partial charge in [-0.15, -0.1) is 0 Å². The highest BCUT2D eigenvalue weighted by Gasteiger charge is 2.25. The molecule has 1 saturated carbocycles. The van der Waals surface area contributed by atoms with Crippen molar-refractivity contribution in [2.24, 2.45) is 5.92 Å². The van der Waals surface area contributed by atoms with Crippen molar-refractivity contribution in [3.8, 4) is 16.9 Å². The second kappa shape index (κ2) is 7.66. The summed E-state index contributed by atoms with van der Waals surface area (Å²) >= 11 is 0. The van der Waals surface area contributed by atoms with Crippen LogP contribution in [0.2, 0.25) is 0 Å². The van der Waals surface area contributed by atoms with Gasteiger partial charge in [0.25, 0.3) is 5.91 Å². The molecule has 0 spiro atoms. The molecular formula is C23H25NO4. The fourth-order valence-electron chi connectivity index (χ4n) is 4.28. The maximum atomic E-state index is 11.7. The number of hydrogen-bond donors (Lipinski definition) is 2. The van der Waals surface area contributed by atoms with Crippen molar-refractivity contribution in [1.29, 1.82) is 0 Å². The number of amides is 1. The second-order valence-corrected chi connectivity index (χ2v) is 7.90. The zero-order chi connectivity index (χ0) is 19.7. The van der Waals surface area contributed by atoms with Crippen molar-refractivity contribution in [2.45, 2.75) is 51.0 Å². The van der Waals surface area contributed by atoms with E-state index in [1.165, 1.54) is 5.56 Å². The summed E-state index contributed by atoms with van der Waals surface area (Å²) in [4.78, 5) is 22.6. The van der Waals surface area contributed by atoms with E-state index in [0.717, 1.165) is 36.8 Å². The highest BCUT2D eigenvalue weighted by molar-refractivity contribution is 5.98. The number of anilines is 1. The van der Waals surface area contributed by atoms with Gasteiger partial charge < -0.3 is 15.2 Å². The Morgan fingerprint density at radius 3 is 2.43 bits per heavy atom. The summed E-state index contributed by atoms with van der Waals surface area (Å²) in [5.74, 6) is 0.734. The van der Waals surface area contributed by atoms with E-state index in [1.807, 2.05) is 18.2 Å². The van der Waals surface area contributed by atoms with E-state index in [1.54, 1.807) is 6.92 Å². The number of benzene rings is 2. The molecular weight excluding hydrogens is 354 g/mol. The van der Waals surface area contributed by atoms with Crippen LogP contribution in [-0.4, -0.2) is 23.1 Å². The average molecular weight is 379 g/mol. The first-order chi connectivity index (χ1) is 13.5. The molecule has 4 rings (SSSR count). The highest BCUT2D eigenvalue weighted by atomic mass is 16.5. The van der Waals surface area contributed by atoms with E-state index < -0.39 is 12.1 Å². The van der Waals surface area contributed by atoms with Crippen LogP contribution in [0.5, 0.6) is 5.75 Å². The molecule has 2 aliphatic rings. The monoisotopic (exact) mass is 379 g/mol. The Balaban J connectivity index is 1.45. The van der Waals surface area contributed by atoms with Gasteiger partial charge in [0, 0.05) is 6.42 Å². The summed E-state index contributed by atoms with van der Waals surface area (Å²) in [5.41, 5.74) is 4.20. The third kappa shape index (κ3) is 3.88. The number of carboxylic acids is 1. The van der Waals surface area contributed by atoms with Gasteiger partial charge in [-0.3, -0.25) is 9.59 Å². The molecule has 2 aromatic rings. The van der Waals surface area contributed by atoms with Crippen molar-refractivity contribution in [3.05, 3.63) is 48.0 Å². The van der Waals surface area contributed by atoms with E-state index in [9.17, 15) is 9.59 Å². The second-order valence-electron chi connectivity index (χ2n) is 7.90. The molecule has 28 heavy (non-hydrogen) atoms. The number of carboxylic acid groups (broad SMARTS) is 1. The third-order valence-electron chi connectivity index (χ3n) is 5.94. The highest BCUT2D eigenvalue weighted by Crippen LogP contribution is 2.38. The summed E-state index contributed by atoms with van der Waals surface area (Å²) < 4.78 is 5.71. The number of fused-ring (bicyclic) bond motifs is 1. The normalized spacial score (nSPS) is 24.0. The first kappa shape index (κ1) is 18.5. The molecule has 5 nitrogen and oxygen atoms in total. The van der Waals surface area contributed by atoms with Crippen LogP contribution in [0.1, 0.15) is 50.5 Å². The molecule has 0 radical (unpaired) electrons. The lowest BCUT2D eigenvalue weighted by Gasteiger charge is -2.28. The first-order valence-electron chi connectivity index (χ1n) is 9.93. The predicted molar refractivity (Wildman–Crippen MR) is 108 cm³/mol. The van der Waals surface area contributed by atoms with E-state index in [4.69, 9.17) is 9.84 Å². The van der Waals surface area contributed by atoms with Crippen LogP contribution in [0.3, 0.4) is 0 Å². The van der Waals surface area contributed by atoms with Crippen molar-refractivity contribution in [1.82, 2.24) is 0 Å². The van der Waals surface area contributed by atoms with Gasteiger partial charge in [0.2, 0.25) is 0 Å². The lowest BCUT2D eigenvalue weighted by Crippen LogP contribution is -2.34. The Kier molecular flexibility index (Phi) is 5.07. The van der Waals surface area contributed by atoms with E-state index in [2.05, 4.69) is 29.6 Å². The zero-order valence-corrected chi connectivity index (χ0v) is 16.0. The zero-order valence-electron chi connectivity index (χ0n) is 16.0. The molecule has 2 aromatic carbocycles. The third-order valence-corrected chi connectivity index (χ3v) is 5.94. The number of ether oxygens (including phenoxy) is 1. The smallest absolute Gasteiger partial charge is 0.303 e. The lowest BCUT2D eigenvalue weighted by atomic mass is 9.77. The summed E-state index contributed by atoms with van der Waals surface area (Å²) in [6, 6.07) is 14.5. The van der Waals surface area contributed by atoms with Crippen molar-refractivity contribution in [2.75, 3.05) is 5.32 Å². The van der Waals surface area contributed by atoms with Gasteiger partial charge in [-0.25, -0.2) is 0 Å². The lowest BCUT2D eigenvalue weighted by molar-refractivity contribution is -0.138. The number of aliphatic carboxylic acids is 1. The van der Waals surface area contributed by atoms with Crippen LogP contribution in [0, 0.1) is 5.92 Å². The van der Waals surface area contributed by atoms with Crippen LogP contribution in [0.15, 0.2) is 42.5 Å². The van der Waals surface area contributed by atoms with Crippen LogP contribution >= 0.6 is 0 Å². The van der Waals surface area contributed by atoms with Crippen LogP contribution in [0.4, 0.5) is 5.69 Å². The van der Waals surface area contributed by atoms with Gasteiger partial charge in [-0.2, -0.15) is 0 Å². The number of hydrogen-bond acceptors (Lipinski definition) is 3. The minimum Gasteiger partial charge on any atom is -0.481 e. The Bertz CT molecular complexity index is 882. The minimum absolute atomic E-state index is 0.123. The number of carbonyl (C=O) groups excluding carboxylic acids is 1. The molecule has 0 aromatic heterocycles. The molecule has 5 heteroatoms. The Labute approximate surface area is 164 Å². The van der Waals surface area contributed by atoms with Gasteiger partial charge in [0.05, 0.1) is 5.69 Å². The molecule has 0 bridgehead atoms. The van der Waals surface area contributed by atoms with Gasteiger partial charge in [0.1, 0.15) is 5.75 Å². The summed E-state index contributed by atoms with van der Waals surface area (Å²) in [7, 11) is 0. The SMILES string of the molecule is CC1Oc2cc(-c3ccc(C4CCC(CC(=O)O)CC4)cc3)ccc2NC1=O. The maximum Gasteiger partial charge on any atom is 0.303 e. The van der Waals surface area contributed by atoms with Gasteiger partial charge in [-0.1, -0.05) is 30.3 Å². The maximum absolute atomic E-state index is 11.7. The van der Waals surface area contributed by atoms with Crippen LogP contribution in [-0.2, 0) is 9.59 Å². The molecule has 2 N–H and O–H groups in total. The molecule has 1 amide bonds. The van der Waals surface area contributed by atoms with Gasteiger partial charge in [-0.05, 0) is 73.3 Å². The number of rotatable bonds is 4. The van der Waals surface area contributed by atoms with Crippen molar-refractivity contribution >= 4 is 17.6 Å². The van der Waals surface area contributed by atoms with Crippen LogP contribution < -0.4 is 10.1 Å². The van der Waals surface area contributed by atoms with Gasteiger partial charge >= 0.3 is 5.97 Å². The molecule has 146 valence electrons. The molecule has 1 atom stereocenters. The fourth-order valence-corrected chi connectivity index (χ4v) is 4.28. The number of carbonyl (C=O) groups is 2. The van der Waals surface area contributed by atoms with E-state index >= 15 is 0 Å². The average Bonchev–Trinajstić information content (AvgIpc) is 2.69. The van der Waals surface area contributed by atoms with Crippen LogP contribution in [0.25, 0.3) is 11.1 Å². The summed E-state index contributed by atoms with van der Waals surface area (Å²) in [6.45, 7) is 1.74. The summed E-state index contributed by atoms with van der Waals surface area (Å²) in [6.07, 6.45) is 3.91. The van der Waals surface area contributed by atoms with E-state index in [0.29, 0.717) is 29.7 Å². The fraction of sp³-hybridized carbons (Fsp3) is 0.391. The molecule has 0 saturated heterocycles. The molecule has 1 aliphatic carbocycles. The largest absolute Gasteiger partial charge is 0.481 e. The Morgan fingerprint density at radius 1 is 1.07 bits per heavy atom. The molecule has 1 unspecified atom stereocenters. The quantitative estimate of drug-likeness (QED) is 0.798. The Morgan fingerprint density at radius 2 is 1.75 bits per heavy atom.